The minimum Gasteiger partial charge on any atom is -0.298 e. The fourth-order valence-electron chi connectivity index (χ4n) is 4.09. The fourth-order valence-corrected chi connectivity index (χ4v) is 5.28. The summed E-state index contributed by atoms with van der Waals surface area (Å²) in [6.45, 7) is 2.01. The first kappa shape index (κ1) is 17.4. The largest absolute Gasteiger partial charge is 0.298 e. The van der Waals surface area contributed by atoms with E-state index in [1.54, 1.807) is 12.1 Å². The topological polar surface area (TPSA) is 70.8 Å². The van der Waals surface area contributed by atoms with E-state index in [1.165, 1.54) is 11.3 Å². The Morgan fingerprint density at radius 2 is 1.96 bits per heavy atom. The fraction of sp³-hybridized carbons (Fsp3) is 0.400. The molecule has 3 atom stereocenters. The molecule has 0 radical (unpaired) electrons. The van der Waals surface area contributed by atoms with Crippen LogP contribution >= 0.6 is 22.9 Å². The standard InChI is InChI=1S/C20H17ClN2O2S/c1-2-15-17(16-18(24)10-3-4-11(7-10)19(16)25)23-20(26-15)12-5-6-14(21)13(8-12)9-22/h5-6,8,10-11,16H,2-4,7H2,1H3/t10-,11+,16?. The van der Waals surface area contributed by atoms with Gasteiger partial charge in [-0.1, -0.05) is 24.6 Å². The molecule has 0 N–H and O–H groups in total. The zero-order valence-electron chi connectivity index (χ0n) is 14.3. The van der Waals surface area contributed by atoms with Crippen molar-refractivity contribution in [3.8, 4) is 16.6 Å². The second-order valence-electron chi connectivity index (χ2n) is 6.93. The van der Waals surface area contributed by atoms with Crippen molar-refractivity contribution in [1.82, 2.24) is 4.98 Å². The van der Waals surface area contributed by atoms with E-state index in [9.17, 15) is 14.9 Å². The predicted molar refractivity (Wildman–Crippen MR) is 100 cm³/mol. The van der Waals surface area contributed by atoms with E-state index in [4.69, 9.17) is 16.6 Å². The quantitative estimate of drug-likeness (QED) is 0.728. The molecule has 4 rings (SSSR count). The number of halogens is 1. The van der Waals surface area contributed by atoms with Gasteiger partial charge < -0.3 is 0 Å². The summed E-state index contributed by atoms with van der Waals surface area (Å²) >= 11 is 7.51. The second kappa shape index (κ2) is 6.61. The summed E-state index contributed by atoms with van der Waals surface area (Å²) < 4.78 is 0. The highest BCUT2D eigenvalue weighted by atomic mass is 35.5. The van der Waals surface area contributed by atoms with Crippen molar-refractivity contribution in [2.45, 2.75) is 38.5 Å². The molecule has 132 valence electrons. The first-order valence-electron chi connectivity index (χ1n) is 8.80. The van der Waals surface area contributed by atoms with E-state index < -0.39 is 5.92 Å². The smallest absolute Gasteiger partial charge is 0.152 e. The lowest BCUT2D eigenvalue weighted by Gasteiger charge is -2.24. The molecule has 4 nitrogen and oxygen atoms in total. The van der Waals surface area contributed by atoms with Crippen molar-refractivity contribution < 1.29 is 9.59 Å². The first-order chi connectivity index (χ1) is 12.5. The molecule has 2 aliphatic carbocycles. The Hall–Kier alpha value is -2.03. The number of benzene rings is 1. The number of carbonyl (C=O) groups is 2. The van der Waals surface area contributed by atoms with Gasteiger partial charge in [-0.2, -0.15) is 5.26 Å². The summed E-state index contributed by atoms with van der Waals surface area (Å²) in [6, 6.07) is 7.28. The molecule has 1 unspecified atom stereocenters. The average Bonchev–Trinajstić information content (AvgIpc) is 3.27. The van der Waals surface area contributed by atoms with Crippen molar-refractivity contribution in [3.63, 3.8) is 0 Å². The number of thiazole rings is 1. The summed E-state index contributed by atoms with van der Waals surface area (Å²) in [5, 5.41) is 10.3. The number of Topliss-reactive ketones (excluding diaryl/α,β-unsaturated/α-hetero) is 2. The van der Waals surface area contributed by atoms with E-state index in [1.807, 2.05) is 13.0 Å². The molecule has 1 heterocycles. The third-order valence-electron chi connectivity index (χ3n) is 5.46. The number of carbonyl (C=O) groups excluding carboxylic acids is 2. The number of ketones is 2. The van der Waals surface area contributed by atoms with Crippen LogP contribution in [0.3, 0.4) is 0 Å². The number of hydrogen-bond donors (Lipinski definition) is 0. The molecule has 2 bridgehead atoms. The van der Waals surface area contributed by atoms with Crippen LogP contribution in [0.5, 0.6) is 0 Å². The van der Waals surface area contributed by atoms with E-state index >= 15 is 0 Å². The number of nitriles is 1. The van der Waals surface area contributed by atoms with Crippen LogP contribution in [-0.4, -0.2) is 16.6 Å². The van der Waals surface area contributed by atoms with Crippen molar-refractivity contribution in [2.75, 3.05) is 0 Å². The number of aromatic nitrogens is 1. The summed E-state index contributed by atoms with van der Waals surface area (Å²) in [5.41, 5.74) is 1.81. The Labute approximate surface area is 160 Å². The van der Waals surface area contributed by atoms with Gasteiger partial charge in [0.1, 0.15) is 17.0 Å². The second-order valence-corrected chi connectivity index (χ2v) is 8.42. The lowest BCUT2D eigenvalue weighted by molar-refractivity contribution is -0.136. The molecule has 1 aromatic carbocycles. The first-order valence-corrected chi connectivity index (χ1v) is 10.00. The third-order valence-corrected chi connectivity index (χ3v) is 7.06. The summed E-state index contributed by atoms with van der Waals surface area (Å²) in [5.74, 6) is -0.589. The van der Waals surface area contributed by atoms with Gasteiger partial charge in [0, 0.05) is 22.3 Å². The minimum atomic E-state index is -0.705. The number of nitrogens with zero attached hydrogens (tertiary/aromatic N) is 2. The molecule has 2 aliphatic rings. The normalized spacial score (nSPS) is 24.7. The van der Waals surface area contributed by atoms with Gasteiger partial charge in [0.15, 0.2) is 11.6 Å². The Kier molecular flexibility index (Phi) is 4.42. The van der Waals surface area contributed by atoms with Gasteiger partial charge in [-0.05, 0) is 37.8 Å². The molecule has 0 saturated heterocycles. The number of rotatable bonds is 3. The molecule has 0 spiro atoms. The Bertz CT molecular complexity index is 937. The zero-order chi connectivity index (χ0) is 18.4. The number of fused-ring (bicyclic) bond motifs is 2. The van der Waals surface area contributed by atoms with Gasteiger partial charge in [-0.25, -0.2) is 4.98 Å². The summed E-state index contributed by atoms with van der Waals surface area (Å²) in [4.78, 5) is 31.3. The van der Waals surface area contributed by atoms with Crippen LogP contribution in [0.4, 0.5) is 0 Å². The molecule has 0 amide bonds. The maximum Gasteiger partial charge on any atom is 0.152 e. The highest BCUT2D eigenvalue weighted by Crippen LogP contribution is 2.45. The lowest BCUT2D eigenvalue weighted by atomic mass is 9.77. The van der Waals surface area contributed by atoms with Crippen LogP contribution in [0.15, 0.2) is 18.2 Å². The highest BCUT2D eigenvalue weighted by molar-refractivity contribution is 7.15. The van der Waals surface area contributed by atoms with Crippen LogP contribution in [0, 0.1) is 23.2 Å². The lowest BCUT2D eigenvalue weighted by Crippen LogP contribution is -2.35. The van der Waals surface area contributed by atoms with Crippen molar-refractivity contribution in [2.24, 2.45) is 11.8 Å². The van der Waals surface area contributed by atoms with Crippen LogP contribution in [0.25, 0.3) is 10.6 Å². The molecule has 2 saturated carbocycles. The Balaban J connectivity index is 1.78. The van der Waals surface area contributed by atoms with Gasteiger partial charge in [0.05, 0.1) is 16.3 Å². The van der Waals surface area contributed by atoms with E-state index in [0.29, 0.717) is 16.3 Å². The minimum absolute atomic E-state index is 0.0123. The zero-order valence-corrected chi connectivity index (χ0v) is 15.9. The molecule has 0 aliphatic heterocycles. The number of aryl methyl sites for hydroxylation is 1. The van der Waals surface area contributed by atoms with Crippen molar-refractivity contribution in [1.29, 1.82) is 5.26 Å². The Morgan fingerprint density at radius 1 is 1.27 bits per heavy atom. The summed E-state index contributed by atoms with van der Waals surface area (Å²) in [6.07, 6.45) is 3.09. The molecular weight excluding hydrogens is 368 g/mol. The molecule has 26 heavy (non-hydrogen) atoms. The van der Waals surface area contributed by atoms with Gasteiger partial charge in [-0.3, -0.25) is 9.59 Å². The van der Waals surface area contributed by atoms with Crippen LogP contribution in [0.1, 0.15) is 48.2 Å². The average molecular weight is 385 g/mol. The van der Waals surface area contributed by atoms with Crippen LogP contribution in [-0.2, 0) is 16.0 Å². The van der Waals surface area contributed by atoms with Gasteiger partial charge in [0.2, 0.25) is 0 Å². The molecular formula is C20H17ClN2O2S. The van der Waals surface area contributed by atoms with E-state index in [2.05, 4.69) is 6.07 Å². The van der Waals surface area contributed by atoms with Gasteiger partial charge in [0.25, 0.3) is 0 Å². The van der Waals surface area contributed by atoms with Crippen LogP contribution in [0.2, 0.25) is 5.02 Å². The summed E-state index contributed by atoms with van der Waals surface area (Å²) in [7, 11) is 0. The van der Waals surface area contributed by atoms with E-state index in [-0.39, 0.29) is 23.4 Å². The Morgan fingerprint density at radius 3 is 2.58 bits per heavy atom. The maximum atomic E-state index is 12.8. The number of hydrogen-bond acceptors (Lipinski definition) is 5. The van der Waals surface area contributed by atoms with E-state index in [0.717, 1.165) is 41.1 Å². The SMILES string of the molecule is CCc1sc(-c2ccc(Cl)c(C#N)c2)nc1C1C(=O)[C@@H]2CC[C@@H](C2)C1=O. The third kappa shape index (κ3) is 2.69. The molecule has 2 fully saturated rings. The van der Waals surface area contributed by atoms with Crippen molar-refractivity contribution >= 4 is 34.5 Å². The van der Waals surface area contributed by atoms with Gasteiger partial charge in [-0.15, -0.1) is 11.3 Å². The molecule has 1 aromatic heterocycles. The molecule has 2 aromatic rings. The van der Waals surface area contributed by atoms with Crippen molar-refractivity contribution in [3.05, 3.63) is 39.4 Å². The predicted octanol–water partition coefficient (Wildman–Crippen LogP) is 4.55. The highest BCUT2D eigenvalue weighted by Gasteiger charge is 2.48. The van der Waals surface area contributed by atoms with Crippen LogP contribution < -0.4 is 0 Å². The monoisotopic (exact) mass is 384 g/mol. The maximum absolute atomic E-state index is 12.8. The molecule has 6 heteroatoms. The van der Waals surface area contributed by atoms with Gasteiger partial charge >= 0.3 is 0 Å².